The third-order valence-electron chi connectivity index (χ3n) is 1.65. The molecule has 1 amide bonds. The maximum absolute atomic E-state index is 10.8. The molecule has 0 aliphatic rings. The predicted octanol–water partition coefficient (Wildman–Crippen LogP) is 0.710. The van der Waals surface area contributed by atoms with E-state index in [1.807, 2.05) is 0 Å². The van der Waals surface area contributed by atoms with Crippen LogP contribution >= 0.6 is 11.6 Å². The van der Waals surface area contributed by atoms with E-state index in [4.69, 9.17) is 17.3 Å². The van der Waals surface area contributed by atoms with Crippen LogP contribution in [-0.4, -0.2) is 21.1 Å². The van der Waals surface area contributed by atoms with Crippen LogP contribution in [0.2, 0.25) is 5.02 Å². The van der Waals surface area contributed by atoms with Gasteiger partial charge < -0.3 is 10.7 Å². The van der Waals surface area contributed by atoms with Crippen LogP contribution in [0.4, 0.5) is 0 Å². The summed E-state index contributed by atoms with van der Waals surface area (Å²) in [5.41, 5.74) is 5.57. The van der Waals surface area contributed by atoms with Gasteiger partial charge >= 0.3 is 0 Å². The number of rotatable bonds is 1. The fourth-order valence-corrected chi connectivity index (χ4v) is 1.33. The number of amides is 1. The summed E-state index contributed by atoms with van der Waals surface area (Å²) in [4.78, 5) is 13.6. The molecule has 13 heavy (non-hydrogen) atoms. The number of halogens is 1. The molecule has 6 heteroatoms. The Bertz CT molecular complexity index is 478. The van der Waals surface area contributed by atoms with Gasteiger partial charge in [0.2, 0.25) is 0 Å². The number of aromatic nitrogens is 3. The zero-order chi connectivity index (χ0) is 9.42. The number of nitrogens with two attached hydrogens (primary N) is 1. The molecule has 2 aromatic heterocycles. The Balaban J connectivity index is 2.80. The lowest BCUT2D eigenvalue weighted by molar-refractivity contribution is 0.0995. The summed E-state index contributed by atoms with van der Waals surface area (Å²) in [5.74, 6) is -0.680. The van der Waals surface area contributed by atoms with Gasteiger partial charge in [-0.05, 0) is 6.07 Å². The Morgan fingerprint density at radius 2 is 2.31 bits per heavy atom. The molecule has 0 saturated heterocycles. The number of hydrogen-bond donors (Lipinski definition) is 2. The molecule has 0 unspecified atom stereocenters. The van der Waals surface area contributed by atoms with Crippen molar-refractivity contribution >= 4 is 28.5 Å². The summed E-state index contributed by atoms with van der Waals surface area (Å²) in [6.07, 6.45) is 1.66. The molecular formula is C7H5ClN4O. The quantitative estimate of drug-likeness (QED) is 0.705. The predicted molar refractivity (Wildman–Crippen MR) is 47.4 cm³/mol. The molecule has 2 aromatic rings. The Morgan fingerprint density at radius 3 is 3.00 bits per heavy atom. The molecule has 0 spiro atoms. The maximum Gasteiger partial charge on any atom is 0.270 e. The van der Waals surface area contributed by atoms with Gasteiger partial charge in [0.25, 0.3) is 5.91 Å². The van der Waals surface area contributed by atoms with Gasteiger partial charge in [0.15, 0.2) is 11.3 Å². The van der Waals surface area contributed by atoms with Crippen LogP contribution in [0.1, 0.15) is 10.5 Å². The third-order valence-corrected chi connectivity index (χ3v) is 2.04. The highest BCUT2D eigenvalue weighted by Crippen LogP contribution is 2.22. The lowest BCUT2D eigenvalue weighted by Crippen LogP contribution is -2.14. The Morgan fingerprint density at radius 1 is 1.54 bits per heavy atom. The van der Waals surface area contributed by atoms with Gasteiger partial charge in [-0.25, -0.2) is 0 Å². The minimum Gasteiger partial charge on any atom is -0.364 e. The van der Waals surface area contributed by atoms with Crippen molar-refractivity contribution in [2.24, 2.45) is 5.73 Å². The van der Waals surface area contributed by atoms with Crippen molar-refractivity contribution in [2.75, 3.05) is 0 Å². The fourth-order valence-electron chi connectivity index (χ4n) is 1.05. The molecule has 0 aliphatic carbocycles. The first kappa shape index (κ1) is 8.00. The second-order valence-electron chi connectivity index (χ2n) is 2.47. The van der Waals surface area contributed by atoms with Gasteiger partial charge in [-0.1, -0.05) is 11.6 Å². The van der Waals surface area contributed by atoms with Gasteiger partial charge in [0.1, 0.15) is 0 Å². The van der Waals surface area contributed by atoms with Crippen molar-refractivity contribution in [2.45, 2.75) is 0 Å². The number of hydrogen-bond acceptors (Lipinski definition) is 3. The Labute approximate surface area is 77.9 Å². The SMILES string of the molecule is NC(=O)c1nnc2[nH]ccc2c1Cl. The van der Waals surface area contributed by atoms with Gasteiger partial charge in [0, 0.05) is 11.6 Å². The Hall–Kier alpha value is -1.62. The minimum atomic E-state index is -0.680. The lowest BCUT2D eigenvalue weighted by atomic mass is 10.3. The molecule has 2 rings (SSSR count). The highest BCUT2D eigenvalue weighted by molar-refractivity contribution is 6.37. The summed E-state index contributed by atoms with van der Waals surface area (Å²) in [5, 5.41) is 8.20. The lowest BCUT2D eigenvalue weighted by Gasteiger charge is -1.97. The largest absolute Gasteiger partial charge is 0.364 e. The van der Waals surface area contributed by atoms with Gasteiger partial charge in [-0.3, -0.25) is 4.79 Å². The van der Waals surface area contributed by atoms with Crippen molar-refractivity contribution in [3.8, 4) is 0 Å². The topological polar surface area (TPSA) is 84.7 Å². The number of nitrogens with zero attached hydrogens (tertiary/aromatic N) is 2. The molecule has 0 atom stereocenters. The van der Waals surface area contributed by atoms with E-state index in [0.717, 1.165) is 0 Å². The number of H-pyrrole nitrogens is 1. The summed E-state index contributed by atoms with van der Waals surface area (Å²) in [7, 11) is 0. The molecule has 0 bridgehead atoms. The van der Waals surface area contributed by atoms with E-state index in [-0.39, 0.29) is 10.7 Å². The number of aromatic amines is 1. The van der Waals surface area contributed by atoms with Crippen LogP contribution in [0, 0.1) is 0 Å². The van der Waals surface area contributed by atoms with E-state index in [0.29, 0.717) is 11.0 Å². The van der Waals surface area contributed by atoms with Crippen LogP contribution in [-0.2, 0) is 0 Å². The maximum atomic E-state index is 10.8. The minimum absolute atomic E-state index is 0.00577. The van der Waals surface area contributed by atoms with Crippen molar-refractivity contribution in [1.29, 1.82) is 0 Å². The zero-order valence-corrected chi connectivity index (χ0v) is 7.17. The van der Waals surface area contributed by atoms with Crippen LogP contribution in [0.25, 0.3) is 11.0 Å². The number of nitrogens with one attached hydrogen (secondary N) is 1. The first-order valence-corrected chi connectivity index (χ1v) is 3.87. The standard InChI is InChI=1S/C7H5ClN4O/c8-4-3-1-2-10-7(3)12-11-5(4)6(9)13/h1-2H,(H2,9,13)(H,10,12). The molecule has 0 aliphatic heterocycles. The second kappa shape index (κ2) is 2.70. The molecule has 66 valence electrons. The normalized spacial score (nSPS) is 10.5. The van der Waals surface area contributed by atoms with Crippen molar-refractivity contribution < 1.29 is 4.79 Å². The van der Waals surface area contributed by atoms with Crippen molar-refractivity contribution in [3.05, 3.63) is 23.0 Å². The van der Waals surface area contributed by atoms with E-state index in [1.165, 1.54) is 0 Å². The van der Waals surface area contributed by atoms with Gasteiger partial charge in [-0.15, -0.1) is 10.2 Å². The molecule has 0 fully saturated rings. The summed E-state index contributed by atoms with van der Waals surface area (Å²) in [6.45, 7) is 0. The average molecular weight is 197 g/mol. The first-order valence-electron chi connectivity index (χ1n) is 3.49. The summed E-state index contributed by atoms with van der Waals surface area (Å²) < 4.78 is 0. The van der Waals surface area contributed by atoms with Gasteiger partial charge in [0.05, 0.1) is 5.02 Å². The summed E-state index contributed by atoms with van der Waals surface area (Å²) >= 11 is 5.85. The summed E-state index contributed by atoms with van der Waals surface area (Å²) in [6, 6.07) is 1.71. The van der Waals surface area contributed by atoms with Gasteiger partial charge in [-0.2, -0.15) is 0 Å². The monoisotopic (exact) mass is 196 g/mol. The van der Waals surface area contributed by atoms with Crippen LogP contribution in [0.15, 0.2) is 12.3 Å². The molecule has 0 radical (unpaired) electrons. The first-order chi connectivity index (χ1) is 6.20. The zero-order valence-electron chi connectivity index (χ0n) is 6.41. The van der Waals surface area contributed by atoms with E-state index >= 15 is 0 Å². The van der Waals surface area contributed by atoms with E-state index in [1.54, 1.807) is 12.3 Å². The molecule has 0 aromatic carbocycles. The average Bonchev–Trinajstić information content (AvgIpc) is 2.52. The highest BCUT2D eigenvalue weighted by Gasteiger charge is 2.13. The van der Waals surface area contributed by atoms with Crippen molar-refractivity contribution in [1.82, 2.24) is 15.2 Å². The van der Waals surface area contributed by atoms with Crippen molar-refractivity contribution in [3.63, 3.8) is 0 Å². The van der Waals surface area contributed by atoms with E-state index in [9.17, 15) is 4.79 Å². The van der Waals surface area contributed by atoms with Crippen LogP contribution < -0.4 is 5.73 Å². The molecule has 0 saturated carbocycles. The molecule has 2 heterocycles. The Kier molecular flexibility index (Phi) is 1.66. The van der Waals surface area contributed by atoms with Crippen LogP contribution in [0.3, 0.4) is 0 Å². The smallest absolute Gasteiger partial charge is 0.270 e. The number of primary amides is 1. The highest BCUT2D eigenvalue weighted by atomic mass is 35.5. The third kappa shape index (κ3) is 1.13. The number of carbonyl (C=O) groups is 1. The van der Waals surface area contributed by atoms with Crippen LogP contribution in [0.5, 0.6) is 0 Å². The fraction of sp³-hybridized carbons (Fsp3) is 0. The van der Waals surface area contributed by atoms with E-state index < -0.39 is 5.91 Å². The molecule has 5 nitrogen and oxygen atoms in total. The number of carbonyl (C=O) groups excluding carboxylic acids is 1. The second-order valence-corrected chi connectivity index (χ2v) is 2.84. The number of fused-ring (bicyclic) bond motifs is 1. The van der Waals surface area contributed by atoms with E-state index in [2.05, 4.69) is 15.2 Å². The molecule has 3 N–H and O–H groups in total. The molecular weight excluding hydrogens is 192 g/mol.